The molecule has 1 amide bonds. The van der Waals surface area contributed by atoms with E-state index in [0.29, 0.717) is 18.9 Å². The van der Waals surface area contributed by atoms with Crippen molar-refractivity contribution in [3.8, 4) is 5.75 Å². The lowest BCUT2D eigenvalue weighted by molar-refractivity contribution is 0.102. The number of aromatic nitrogens is 1. The second-order valence-electron chi connectivity index (χ2n) is 6.65. The fraction of sp³-hybridized carbons (Fsp3) is 0.368. The molecule has 0 spiro atoms. The van der Waals surface area contributed by atoms with Gasteiger partial charge in [0, 0.05) is 32.0 Å². The van der Waals surface area contributed by atoms with E-state index in [2.05, 4.69) is 10.0 Å². The molecule has 1 aliphatic rings. The molecule has 10 heteroatoms. The van der Waals surface area contributed by atoms with Gasteiger partial charge in [0.1, 0.15) is 5.75 Å². The third-order valence-electron chi connectivity index (χ3n) is 4.41. The maximum atomic E-state index is 12.7. The van der Waals surface area contributed by atoms with Crippen LogP contribution in [0.1, 0.15) is 23.2 Å². The van der Waals surface area contributed by atoms with Gasteiger partial charge in [0.2, 0.25) is 10.0 Å². The number of carbonyl (C=O) groups excluding carboxylic acids is 1. The topological polar surface area (TPSA) is 116 Å². The molecule has 0 atom stereocenters. The van der Waals surface area contributed by atoms with Crippen molar-refractivity contribution in [2.24, 2.45) is 0 Å². The average molecular weight is 421 g/mol. The fourth-order valence-corrected chi connectivity index (χ4v) is 4.00. The zero-order valence-electron chi connectivity index (χ0n) is 16.2. The zero-order valence-corrected chi connectivity index (χ0v) is 17.0. The predicted octanol–water partition coefficient (Wildman–Crippen LogP) is 1.20. The number of nitrogens with one attached hydrogen (secondary N) is 2. The van der Waals surface area contributed by atoms with Crippen LogP contribution in [0.2, 0.25) is 0 Å². The Hall–Kier alpha value is -2.69. The highest BCUT2D eigenvalue weighted by Crippen LogP contribution is 2.29. The minimum atomic E-state index is -3.68. The Morgan fingerprint density at radius 2 is 1.97 bits per heavy atom. The summed E-state index contributed by atoms with van der Waals surface area (Å²) in [6.45, 7) is 0.632. The molecular weight excluding hydrogens is 398 g/mol. The third-order valence-corrected chi connectivity index (χ3v) is 5.93. The highest BCUT2D eigenvalue weighted by Gasteiger charge is 2.28. The molecule has 1 saturated carbocycles. The van der Waals surface area contributed by atoms with Crippen molar-refractivity contribution in [1.82, 2.24) is 9.29 Å². The van der Waals surface area contributed by atoms with E-state index in [-0.39, 0.29) is 27.7 Å². The van der Waals surface area contributed by atoms with Crippen LogP contribution in [-0.4, -0.2) is 45.8 Å². The van der Waals surface area contributed by atoms with Gasteiger partial charge in [0.15, 0.2) is 0 Å². The number of sulfonamides is 1. The molecule has 156 valence electrons. The summed E-state index contributed by atoms with van der Waals surface area (Å²) in [5.74, 6) is -0.185. The number of benzene rings is 1. The number of ether oxygens (including phenoxy) is 2. The van der Waals surface area contributed by atoms with Crippen LogP contribution in [0, 0.1) is 0 Å². The van der Waals surface area contributed by atoms with Crippen LogP contribution in [-0.2, 0) is 21.3 Å². The molecule has 2 N–H and O–H groups in total. The van der Waals surface area contributed by atoms with Crippen LogP contribution in [0.3, 0.4) is 0 Å². The van der Waals surface area contributed by atoms with Crippen molar-refractivity contribution >= 4 is 21.6 Å². The molecule has 2 aromatic rings. The van der Waals surface area contributed by atoms with Crippen LogP contribution in [0.5, 0.6) is 5.75 Å². The van der Waals surface area contributed by atoms with Crippen LogP contribution in [0.4, 0.5) is 5.69 Å². The van der Waals surface area contributed by atoms with E-state index < -0.39 is 15.9 Å². The van der Waals surface area contributed by atoms with E-state index in [1.165, 1.54) is 55.3 Å². The van der Waals surface area contributed by atoms with Crippen LogP contribution in [0.15, 0.2) is 46.2 Å². The summed E-state index contributed by atoms with van der Waals surface area (Å²) in [4.78, 5) is 24.6. The number of hydrogen-bond acceptors (Lipinski definition) is 6. The lowest BCUT2D eigenvalue weighted by atomic mass is 10.2. The molecule has 0 radical (unpaired) electrons. The minimum absolute atomic E-state index is 0.0329. The van der Waals surface area contributed by atoms with Gasteiger partial charge in [-0.25, -0.2) is 13.1 Å². The Morgan fingerprint density at radius 1 is 1.21 bits per heavy atom. The van der Waals surface area contributed by atoms with E-state index in [1.807, 2.05) is 0 Å². The molecule has 0 aliphatic heterocycles. The molecular formula is C19H23N3O6S. The summed E-state index contributed by atoms with van der Waals surface area (Å²) in [6, 6.07) is 6.92. The van der Waals surface area contributed by atoms with Gasteiger partial charge in [-0.05, 0) is 37.1 Å². The second kappa shape index (κ2) is 8.76. The smallest absolute Gasteiger partial charge is 0.257 e. The number of pyridine rings is 1. The summed E-state index contributed by atoms with van der Waals surface area (Å²) in [5, 5.41) is 2.66. The zero-order chi connectivity index (χ0) is 21.0. The highest BCUT2D eigenvalue weighted by molar-refractivity contribution is 7.89. The first-order valence-corrected chi connectivity index (χ1v) is 10.5. The number of methoxy groups -OCH3 is 2. The van der Waals surface area contributed by atoms with Gasteiger partial charge in [0.25, 0.3) is 11.5 Å². The van der Waals surface area contributed by atoms with Crippen molar-refractivity contribution in [2.45, 2.75) is 30.3 Å². The second-order valence-corrected chi connectivity index (χ2v) is 8.37. The molecule has 1 aliphatic carbocycles. The third kappa shape index (κ3) is 5.22. The van der Waals surface area contributed by atoms with Crippen molar-refractivity contribution < 1.29 is 22.7 Å². The Bertz CT molecular complexity index is 1060. The van der Waals surface area contributed by atoms with Crippen molar-refractivity contribution in [1.29, 1.82) is 0 Å². The lowest BCUT2D eigenvalue weighted by Gasteiger charge is -2.13. The number of nitrogens with zero attached hydrogens (tertiary/aromatic N) is 1. The van der Waals surface area contributed by atoms with Gasteiger partial charge in [0.05, 0.1) is 29.9 Å². The minimum Gasteiger partial charge on any atom is -0.495 e. The molecule has 3 rings (SSSR count). The van der Waals surface area contributed by atoms with Crippen molar-refractivity contribution in [3.05, 3.63) is 52.4 Å². The van der Waals surface area contributed by atoms with Crippen LogP contribution >= 0.6 is 0 Å². The molecule has 1 heterocycles. The fourth-order valence-electron chi connectivity index (χ4n) is 2.67. The van der Waals surface area contributed by atoms with Gasteiger partial charge in [-0.2, -0.15) is 0 Å². The highest BCUT2D eigenvalue weighted by atomic mass is 32.2. The first-order chi connectivity index (χ1) is 13.8. The number of anilines is 1. The lowest BCUT2D eigenvalue weighted by Crippen LogP contribution is -2.26. The molecule has 0 unspecified atom stereocenters. The average Bonchev–Trinajstić information content (AvgIpc) is 3.50. The summed E-state index contributed by atoms with van der Waals surface area (Å²) in [6.07, 6.45) is 3.06. The maximum Gasteiger partial charge on any atom is 0.257 e. The molecule has 0 saturated heterocycles. The van der Waals surface area contributed by atoms with Crippen molar-refractivity contribution in [2.75, 3.05) is 26.1 Å². The quantitative estimate of drug-likeness (QED) is 0.629. The summed E-state index contributed by atoms with van der Waals surface area (Å²) in [5.41, 5.74) is 0.202. The molecule has 0 bridgehead atoms. The Morgan fingerprint density at radius 3 is 2.62 bits per heavy atom. The van der Waals surface area contributed by atoms with Gasteiger partial charge >= 0.3 is 0 Å². The first kappa shape index (κ1) is 21.0. The van der Waals surface area contributed by atoms with E-state index in [1.54, 1.807) is 0 Å². The Kier molecular flexibility index (Phi) is 6.36. The summed E-state index contributed by atoms with van der Waals surface area (Å²) in [7, 11) is -0.740. The SMILES string of the molecule is COCCn1cc(C(=O)Nc2cc(S(=O)(=O)NC3CC3)ccc2OC)ccc1=O. The van der Waals surface area contributed by atoms with Crippen molar-refractivity contribution in [3.63, 3.8) is 0 Å². The van der Waals surface area contributed by atoms with Gasteiger partial charge in [-0.15, -0.1) is 0 Å². The summed E-state index contributed by atoms with van der Waals surface area (Å²) >= 11 is 0. The standard InChI is InChI=1S/C19H23N3O6S/c1-27-10-9-22-12-13(3-8-18(22)23)19(24)20-16-11-15(6-7-17(16)28-2)29(25,26)21-14-4-5-14/h3,6-8,11-12,14,21H,4-5,9-10H2,1-2H3,(H,20,24). The van der Waals surface area contributed by atoms with E-state index >= 15 is 0 Å². The number of rotatable bonds is 9. The molecule has 1 aromatic carbocycles. The largest absolute Gasteiger partial charge is 0.495 e. The first-order valence-electron chi connectivity index (χ1n) is 9.05. The Balaban J connectivity index is 1.85. The molecule has 1 fully saturated rings. The number of amides is 1. The monoisotopic (exact) mass is 421 g/mol. The molecule has 29 heavy (non-hydrogen) atoms. The number of hydrogen-bond donors (Lipinski definition) is 2. The van der Waals surface area contributed by atoms with Crippen LogP contribution in [0.25, 0.3) is 0 Å². The van der Waals surface area contributed by atoms with E-state index in [9.17, 15) is 18.0 Å². The van der Waals surface area contributed by atoms with E-state index in [4.69, 9.17) is 9.47 Å². The van der Waals surface area contributed by atoms with E-state index in [0.717, 1.165) is 12.8 Å². The van der Waals surface area contributed by atoms with Gasteiger partial charge in [-0.1, -0.05) is 0 Å². The Labute approximate surface area is 168 Å². The normalized spacial score (nSPS) is 13.9. The number of carbonyl (C=O) groups is 1. The maximum absolute atomic E-state index is 12.7. The van der Waals surface area contributed by atoms with Crippen LogP contribution < -0.4 is 20.3 Å². The predicted molar refractivity (Wildman–Crippen MR) is 107 cm³/mol. The van der Waals surface area contributed by atoms with Gasteiger partial charge < -0.3 is 19.4 Å². The summed E-state index contributed by atoms with van der Waals surface area (Å²) < 4.78 is 39.1. The van der Waals surface area contributed by atoms with Gasteiger partial charge in [-0.3, -0.25) is 9.59 Å². The molecule has 9 nitrogen and oxygen atoms in total. The molecule has 1 aromatic heterocycles.